The molecule has 2 fully saturated rings. The lowest BCUT2D eigenvalue weighted by Crippen LogP contribution is -2.34. The van der Waals surface area contributed by atoms with Crippen LogP contribution in [0.3, 0.4) is 0 Å². The first-order chi connectivity index (χ1) is 13.7. The molecule has 8 heteroatoms. The van der Waals surface area contributed by atoms with Gasteiger partial charge in [0, 0.05) is 36.6 Å². The topological polar surface area (TPSA) is 76.9 Å². The van der Waals surface area contributed by atoms with E-state index in [1.807, 2.05) is 18.2 Å². The van der Waals surface area contributed by atoms with Crippen LogP contribution in [0.15, 0.2) is 30.3 Å². The summed E-state index contributed by atoms with van der Waals surface area (Å²) in [4.78, 5) is 11.8. The van der Waals surface area contributed by atoms with E-state index in [1.165, 1.54) is 12.8 Å². The zero-order chi connectivity index (χ0) is 19.3. The lowest BCUT2D eigenvalue weighted by atomic mass is 10.2. The molecular weight excluding hydrogens is 419 g/mol. The summed E-state index contributed by atoms with van der Waals surface area (Å²) in [7, 11) is 0. The van der Waals surface area contributed by atoms with Gasteiger partial charge in [-0.25, -0.2) is 4.98 Å². The Hall–Kier alpha value is -2.07. The molecular formula is C22H30Cl2N6. The maximum atomic E-state index is 9.11. The number of hydrogen-bond acceptors (Lipinski definition) is 6. The molecule has 0 radical (unpaired) electrons. The number of halogens is 2. The van der Waals surface area contributed by atoms with Crippen molar-refractivity contribution in [3.63, 3.8) is 0 Å². The molecule has 2 aromatic rings. The second kappa shape index (κ2) is 11.4. The highest BCUT2D eigenvalue weighted by atomic mass is 35.5. The van der Waals surface area contributed by atoms with Crippen molar-refractivity contribution in [3.8, 4) is 6.07 Å². The van der Waals surface area contributed by atoms with Gasteiger partial charge in [-0.05, 0) is 56.3 Å². The van der Waals surface area contributed by atoms with Gasteiger partial charge in [0.25, 0.3) is 0 Å². The average Bonchev–Trinajstić information content (AvgIpc) is 3.42. The number of nitrogens with zero attached hydrogens (tertiary/aromatic N) is 4. The van der Waals surface area contributed by atoms with Gasteiger partial charge in [0.2, 0.25) is 5.95 Å². The fourth-order valence-corrected chi connectivity index (χ4v) is 3.67. The summed E-state index contributed by atoms with van der Waals surface area (Å²) < 4.78 is 0. The molecule has 2 heterocycles. The minimum atomic E-state index is 0. The number of aromatic nitrogens is 2. The number of anilines is 3. The normalized spacial score (nSPS) is 17.6. The van der Waals surface area contributed by atoms with Gasteiger partial charge in [-0.15, -0.1) is 24.8 Å². The molecule has 0 amide bonds. The summed E-state index contributed by atoms with van der Waals surface area (Å²) in [6.07, 6.45) is 5.91. The van der Waals surface area contributed by atoms with Crippen LogP contribution in [0.2, 0.25) is 0 Å². The standard InChI is InChI=1S/C22H28N6.2ClH/c1-2-4-18-12-21(28-10-9-20(15-28)24-14-16-7-8-16)27-22(25-18)26-19-6-3-5-17(11-19)13-23;;/h3,5-6,11-12,16,20,24H,2,4,7-10,14-15H2,1H3,(H,25,26,27);2*1H/t20-;;/m0../s1. The molecule has 162 valence electrons. The van der Waals surface area contributed by atoms with E-state index in [-0.39, 0.29) is 24.8 Å². The Morgan fingerprint density at radius 3 is 2.73 bits per heavy atom. The lowest BCUT2D eigenvalue weighted by Gasteiger charge is -2.20. The Morgan fingerprint density at radius 1 is 1.17 bits per heavy atom. The lowest BCUT2D eigenvalue weighted by molar-refractivity contribution is 0.530. The second-order valence-electron chi connectivity index (χ2n) is 7.89. The summed E-state index contributed by atoms with van der Waals surface area (Å²) in [6, 6.07) is 12.3. The molecule has 2 aliphatic rings. The van der Waals surface area contributed by atoms with Crippen LogP contribution in [0.25, 0.3) is 0 Å². The number of rotatable bonds is 8. The van der Waals surface area contributed by atoms with Crippen molar-refractivity contribution in [1.29, 1.82) is 5.26 Å². The van der Waals surface area contributed by atoms with E-state index in [2.05, 4.69) is 39.6 Å². The molecule has 0 bridgehead atoms. The molecule has 0 spiro atoms. The minimum absolute atomic E-state index is 0. The van der Waals surface area contributed by atoms with Crippen molar-refractivity contribution in [2.75, 3.05) is 29.9 Å². The first-order valence-corrected chi connectivity index (χ1v) is 10.4. The quantitative estimate of drug-likeness (QED) is 0.620. The van der Waals surface area contributed by atoms with Gasteiger partial charge >= 0.3 is 0 Å². The van der Waals surface area contributed by atoms with E-state index in [0.717, 1.165) is 62.0 Å². The summed E-state index contributed by atoms with van der Waals surface area (Å²) in [5.41, 5.74) is 2.52. The molecule has 4 rings (SSSR count). The van der Waals surface area contributed by atoms with Crippen molar-refractivity contribution in [2.24, 2.45) is 5.92 Å². The molecule has 1 saturated heterocycles. The first-order valence-electron chi connectivity index (χ1n) is 10.4. The van der Waals surface area contributed by atoms with Gasteiger partial charge in [-0.3, -0.25) is 0 Å². The monoisotopic (exact) mass is 448 g/mol. The maximum Gasteiger partial charge on any atom is 0.229 e. The van der Waals surface area contributed by atoms with E-state index >= 15 is 0 Å². The molecule has 30 heavy (non-hydrogen) atoms. The summed E-state index contributed by atoms with van der Waals surface area (Å²) >= 11 is 0. The number of benzene rings is 1. The van der Waals surface area contributed by atoms with Crippen LogP contribution in [-0.2, 0) is 6.42 Å². The third kappa shape index (κ3) is 6.46. The fraction of sp³-hybridized carbons (Fsp3) is 0.500. The highest BCUT2D eigenvalue weighted by molar-refractivity contribution is 5.85. The second-order valence-corrected chi connectivity index (χ2v) is 7.89. The molecule has 6 nitrogen and oxygen atoms in total. The van der Waals surface area contributed by atoms with Crippen molar-refractivity contribution in [1.82, 2.24) is 15.3 Å². The average molecular weight is 449 g/mol. The van der Waals surface area contributed by atoms with E-state index in [1.54, 1.807) is 6.07 Å². The van der Waals surface area contributed by atoms with Crippen LogP contribution in [0.1, 0.15) is 43.9 Å². The zero-order valence-electron chi connectivity index (χ0n) is 17.3. The minimum Gasteiger partial charge on any atom is -0.355 e. The Bertz CT molecular complexity index is 865. The Balaban J connectivity index is 0.00000160. The first kappa shape index (κ1) is 24.2. The smallest absolute Gasteiger partial charge is 0.229 e. The largest absolute Gasteiger partial charge is 0.355 e. The van der Waals surface area contributed by atoms with Gasteiger partial charge in [-0.1, -0.05) is 19.4 Å². The molecule has 1 aromatic heterocycles. The van der Waals surface area contributed by atoms with Crippen LogP contribution in [0.5, 0.6) is 0 Å². The summed E-state index contributed by atoms with van der Waals surface area (Å²) in [5.74, 6) is 2.50. The summed E-state index contributed by atoms with van der Waals surface area (Å²) in [6.45, 7) is 5.34. The van der Waals surface area contributed by atoms with Crippen LogP contribution in [-0.4, -0.2) is 35.6 Å². The predicted molar refractivity (Wildman–Crippen MR) is 126 cm³/mol. The SMILES string of the molecule is CCCc1cc(N2CC[C@H](NCC3CC3)C2)nc(Nc2cccc(C#N)c2)n1.Cl.Cl. The molecule has 1 aliphatic carbocycles. The highest BCUT2D eigenvalue weighted by Crippen LogP contribution is 2.28. The van der Waals surface area contributed by atoms with Gasteiger partial charge in [0.15, 0.2) is 0 Å². The van der Waals surface area contributed by atoms with Crippen molar-refractivity contribution in [2.45, 2.75) is 45.1 Å². The molecule has 1 saturated carbocycles. The zero-order valence-corrected chi connectivity index (χ0v) is 18.9. The van der Waals surface area contributed by atoms with Gasteiger partial charge in [0.05, 0.1) is 11.6 Å². The molecule has 1 aromatic carbocycles. The maximum absolute atomic E-state index is 9.11. The van der Waals surface area contributed by atoms with Crippen molar-refractivity contribution < 1.29 is 0 Å². The number of nitrogens with one attached hydrogen (secondary N) is 2. The Morgan fingerprint density at radius 2 is 2.00 bits per heavy atom. The van der Waals surface area contributed by atoms with Crippen LogP contribution < -0.4 is 15.5 Å². The Labute approximate surface area is 191 Å². The van der Waals surface area contributed by atoms with Gasteiger partial charge in [0.1, 0.15) is 5.82 Å². The molecule has 1 atom stereocenters. The Kier molecular flexibility index (Phi) is 9.16. The summed E-state index contributed by atoms with van der Waals surface area (Å²) in [5, 5.41) is 16.1. The third-order valence-electron chi connectivity index (χ3n) is 5.42. The number of nitriles is 1. The fourth-order valence-electron chi connectivity index (χ4n) is 3.67. The van der Waals surface area contributed by atoms with E-state index < -0.39 is 0 Å². The number of hydrogen-bond donors (Lipinski definition) is 2. The molecule has 1 aliphatic heterocycles. The van der Waals surface area contributed by atoms with Gasteiger partial charge in [-0.2, -0.15) is 10.2 Å². The number of aryl methyl sites for hydroxylation is 1. The van der Waals surface area contributed by atoms with E-state index in [9.17, 15) is 0 Å². The van der Waals surface area contributed by atoms with E-state index in [4.69, 9.17) is 10.2 Å². The van der Waals surface area contributed by atoms with Crippen LogP contribution in [0.4, 0.5) is 17.5 Å². The predicted octanol–water partition coefficient (Wildman–Crippen LogP) is 4.47. The van der Waals surface area contributed by atoms with E-state index in [0.29, 0.717) is 17.6 Å². The van der Waals surface area contributed by atoms with Crippen LogP contribution in [0, 0.1) is 17.2 Å². The van der Waals surface area contributed by atoms with Gasteiger partial charge < -0.3 is 15.5 Å². The van der Waals surface area contributed by atoms with Crippen molar-refractivity contribution in [3.05, 3.63) is 41.6 Å². The third-order valence-corrected chi connectivity index (χ3v) is 5.42. The molecule has 0 unspecified atom stereocenters. The van der Waals surface area contributed by atoms with Crippen LogP contribution >= 0.6 is 24.8 Å². The van der Waals surface area contributed by atoms with Crippen molar-refractivity contribution >= 4 is 42.3 Å². The molecule has 2 N–H and O–H groups in total. The highest BCUT2D eigenvalue weighted by Gasteiger charge is 2.27.